The molecular formula is C20H23N5O3. The fourth-order valence-corrected chi connectivity index (χ4v) is 3.39. The van der Waals surface area contributed by atoms with E-state index in [9.17, 15) is 4.79 Å². The highest BCUT2D eigenvalue weighted by atomic mass is 16.5. The van der Waals surface area contributed by atoms with E-state index in [1.807, 2.05) is 43.7 Å². The molecule has 0 spiro atoms. The summed E-state index contributed by atoms with van der Waals surface area (Å²) in [6.07, 6.45) is 3.79. The van der Waals surface area contributed by atoms with Crippen LogP contribution in [0.5, 0.6) is 5.75 Å². The van der Waals surface area contributed by atoms with Crippen molar-refractivity contribution in [3.05, 3.63) is 64.7 Å². The topological polar surface area (TPSA) is 83.2 Å². The van der Waals surface area contributed by atoms with E-state index >= 15 is 0 Å². The van der Waals surface area contributed by atoms with E-state index in [2.05, 4.69) is 15.5 Å². The van der Waals surface area contributed by atoms with Gasteiger partial charge in [-0.25, -0.2) is 4.68 Å². The number of rotatable bonds is 6. The number of nitrogens with one attached hydrogen (secondary N) is 1. The van der Waals surface area contributed by atoms with Crippen molar-refractivity contribution in [2.24, 2.45) is 7.05 Å². The molecule has 0 amide bonds. The van der Waals surface area contributed by atoms with E-state index < -0.39 is 0 Å². The second-order valence-corrected chi connectivity index (χ2v) is 6.85. The minimum atomic E-state index is -0.172. The maximum atomic E-state index is 12.5. The third-order valence-electron chi connectivity index (χ3n) is 4.88. The van der Waals surface area contributed by atoms with Crippen LogP contribution in [0.3, 0.4) is 0 Å². The van der Waals surface area contributed by atoms with Crippen LogP contribution in [0, 0.1) is 0 Å². The Kier molecular flexibility index (Phi) is 5.23. The molecule has 1 saturated heterocycles. The molecule has 8 nitrogen and oxygen atoms in total. The van der Waals surface area contributed by atoms with Gasteiger partial charge in [-0.15, -0.1) is 0 Å². The molecule has 3 heterocycles. The number of aryl methyl sites for hydroxylation is 1. The Hall–Kier alpha value is -2.97. The van der Waals surface area contributed by atoms with Gasteiger partial charge in [0.15, 0.2) is 0 Å². The van der Waals surface area contributed by atoms with Gasteiger partial charge in [0, 0.05) is 37.0 Å². The standard InChI is InChI=1S/C20H23N5O3/c1-24-11-14(10-22-24)9-21-18-12-28-13-19(18)25-20(26)7-6-17(23-25)15-4-3-5-16(8-15)27-2/h3-8,10-11,18-19,21H,9,12-13H2,1-2H3. The van der Waals surface area contributed by atoms with Gasteiger partial charge >= 0.3 is 0 Å². The fourth-order valence-electron chi connectivity index (χ4n) is 3.39. The van der Waals surface area contributed by atoms with E-state index in [-0.39, 0.29) is 17.6 Å². The van der Waals surface area contributed by atoms with E-state index in [4.69, 9.17) is 9.47 Å². The fraction of sp³-hybridized carbons (Fsp3) is 0.350. The molecule has 2 aromatic heterocycles. The summed E-state index contributed by atoms with van der Waals surface area (Å²) >= 11 is 0. The van der Waals surface area contributed by atoms with Crippen molar-refractivity contribution < 1.29 is 9.47 Å². The number of hydrogen-bond acceptors (Lipinski definition) is 6. The number of methoxy groups -OCH3 is 1. The molecule has 1 aromatic carbocycles. The molecule has 1 N–H and O–H groups in total. The molecule has 28 heavy (non-hydrogen) atoms. The van der Waals surface area contributed by atoms with Crippen LogP contribution in [-0.2, 0) is 18.3 Å². The maximum absolute atomic E-state index is 12.5. The van der Waals surface area contributed by atoms with Crippen LogP contribution in [0.1, 0.15) is 11.6 Å². The number of nitrogens with zero attached hydrogens (tertiary/aromatic N) is 4. The molecule has 146 valence electrons. The monoisotopic (exact) mass is 381 g/mol. The summed E-state index contributed by atoms with van der Waals surface area (Å²) < 4.78 is 14.2. The Bertz CT molecular complexity index is 1010. The first-order valence-corrected chi connectivity index (χ1v) is 9.17. The molecule has 1 fully saturated rings. The molecule has 0 bridgehead atoms. The first kappa shape index (κ1) is 18.4. The minimum Gasteiger partial charge on any atom is -0.497 e. The molecule has 4 rings (SSSR count). The molecule has 1 aliphatic rings. The number of hydrogen-bond donors (Lipinski definition) is 1. The third kappa shape index (κ3) is 3.83. The largest absolute Gasteiger partial charge is 0.497 e. The lowest BCUT2D eigenvalue weighted by Gasteiger charge is -2.20. The molecule has 3 aromatic rings. The molecule has 0 radical (unpaired) electrons. The number of ether oxygens (including phenoxy) is 2. The lowest BCUT2D eigenvalue weighted by atomic mass is 10.1. The van der Waals surface area contributed by atoms with Gasteiger partial charge in [0.25, 0.3) is 5.56 Å². The Morgan fingerprint density at radius 1 is 1.29 bits per heavy atom. The van der Waals surface area contributed by atoms with Gasteiger partial charge in [0.05, 0.1) is 44.3 Å². The van der Waals surface area contributed by atoms with Crippen LogP contribution in [-0.4, -0.2) is 45.9 Å². The Morgan fingerprint density at radius 3 is 2.96 bits per heavy atom. The highest BCUT2D eigenvalue weighted by Crippen LogP contribution is 2.23. The van der Waals surface area contributed by atoms with Gasteiger partial charge < -0.3 is 14.8 Å². The molecule has 8 heteroatoms. The van der Waals surface area contributed by atoms with Crippen LogP contribution in [0.15, 0.2) is 53.6 Å². The number of aromatic nitrogens is 4. The average molecular weight is 381 g/mol. The third-order valence-corrected chi connectivity index (χ3v) is 4.88. The van der Waals surface area contributed by atoms with Crippen LogP contribution < -0.4 is 15.6 Å². The van der Waals surface area contributed by atoms with Gasteiger partial charge in [-0.1, -0.05) is 12.1 Å². The average Bonchev–Trinajstić information content (AvgIpc) is 3.35. The predicted molar refractivity (Wildman–Crippen MR) is 104 cm³/mol. The number of benzene rings is 1. The zero-order valence-corrected chi connectivity index (χ0v) is 15.9. The molecule has 0 saturated carbocycles. The van der Waals surface area contributed by atoms with Gasteiger partial charge in [-0.3, -0.25) is 9.48 Å². The van der Waals surface area contributed by atoms with E-state index in [1.165, 1.54) is 4.68 Å². The second-order valence-electron chi connectivity index (χ2n) is 6.85. The van der Waals surface area contributed by atoms with Crippen LogP contribution >= 0.6 is 0 Å². The smallest absolute Gasteiger partial charge is 0.267 e. The summed E-state index contributed by atoms with van der Waals surface area (Å²) in [7, 11) is 3.51. The quantitative estimate of drug-likeness (QED) is 0.695. The lowest BCUT2D eigenvalue weighted by molar-refractivity contribution is 0.181. The van der Waals surface area contributed by atoms with E-state index in [0.717, 1.165) is 22.6 Å². The van der Waals surface area contributed by atoms with Gasteiger partial charge in [0.2, 0.25) is 0 Å². The Morgan fingerprint density at radius 2 is 2.18 bits per heavy atom. The summed E-state index contributed by atoms with van der Waals surface area (Å²) in [5.41, 5.74) is 2.55. The van der Waals surface area contributed by atoms with Crippen LogP contribution in [0.4, 0.5) is 0 Å². The molecular weight excluding hydrogens is 358 g/mol. The summed E-state index contributed by atoms with van der Waals surface area (Å²) in [6.45, 7) is 1.63. The molecule has 2 atom stereocenters. The lowest BCUT2D eigenvalue weighted by Crippen LogP contribution is -2.41. The van der Waals surface area contributed by atoms with E-state index in [1.54, 1.807) is 23.9 Å². The minimum absolute atomic E-state index is 0.00837. The first-order chi connectivity index (χ1) is 13.6. The highest BCUT2D eigenvalue weighted by Gasteiger charge is 2.31. The van der Waals surface area contributed by atoms with Crippen LogP contribution in [0.2, 0.25) is 0 Å². The zero-order chi connectivity index (χ0) is 19.5. The van der Waals surface area contributed by atoms with Crippen molar-refractivity contribution in [3.63, 3.8) is 0 Å². The summed E-state index contributed by atoms with van der Waals surface area (Å²) in [4.78, 5) is 12.5. The molecule has 2 unspecified atom stereocenters. The van der Waals surface area contributed by atoms with Crippen molar-refractivity contribution in [2.45, 2.75) is 18.6 Å². The van der Waals surface area contributed by atoms with Gasteiger partial charge in [-0.05, 0) is 18.2 Å². The van der Waals surface area contributed by atoms with Crippen molar-refractivity contribution in [2.75, 3.05) is 20.3 Å². The maximum Gasteiger partial charge on any atom is 0.267 e. The normalized spacial score (nSPS) is 19.1. The van der Waals surface area contributed by atoms with Crippen molar-refractivity contribution in [3.8, 4) is 17.0 Å². The Balaban J connectivity index is 1.57. The van der Waals surface area contributed by atoms with Gasteiger partial charge in [-0.2, -0.15) is 10.2 Å². The SMILES string of the molecule is COc1cccc(-c2ccc(=O)n(C3COCC3NCc3cnn(C)c3)n2)c1. The first-order valence-electron chi connectivity index (χ1n) is 9.17. The van der Waals surface area contributed by atoms with Crippen molar-refractivity contribution in [1.82, 2.24) is 24.9 Å². The Labute approximate surface area is 162 Å². The van der Waals surface area contributed by atoms with E-state index in [0.29, 0.717) is 19.8 Å². The van der Waals surface area contributed by atoms with Gasteiger partial charge in [0.1, 0.15) is 5.75 Å². The van der Waals surface area contributed by atoms with Crippen LogP contribution in [0.25, 0.3) is 11.3 Å². The molecule has 1 aliphatic heterocycles. The predicted octanol–water partition coefficient (Wildman–Crippen LogP) is 1.38. The molecule has 0 aliphatic carbocycles. The zero-order valence-electron chi connectivity index (χ0n) is 15.9. The summed E-state index contributed by atoms with van der Waals surface area (Å²) in [6, 6.07) is 10.7. The summed E-state index contributed by atoms with van der Waals surface area (Å²) in [5.74, 6) is 0.747. The van der Waals surface area contributed by atoms with Crippen molar-refractivity contribution >= 4 is 0 Å². The summed E-state index contributed by atoms with van der Waals surface area (Å²) in [5, 5.41) is 12.3. The highest BCUT2D eigenvalue weighted by molar-refractivity contribution is 5.60. The van der Waals surface area contributed by atoms with Crippen molar-refractivity contribution in [1.29, 1.82) is 0 Å². The second kappa shape index (κ2) is 7.95.